The molecule has 1 saturated heterocycles. The molecule has 43 heavy (non-hydrogen) atoms. The second-order valence-corrected chi connectivity index (χ2v) is 11.4. The molecule has 0 bridgehead atoms. The number of imide groups is 1. The monoisotopic (exact) mass is 609 g/mol. The van der Waals surface area contributed by atoms with Gasteiger partial charge in [-0.2, -0.15) is 0 Å². The minimum Gasteiger partial charge on any atom is -0.486 e. The van der Waals surface area contributed by atoms with Crippen LogP contribution in [0.25, 0.3) is 11.0 Å². The Morgan fingerprint density at radius 2 is 1.58 bits per heavy atom. The van der Waals surface area contributed by atoms with Crippen molar-refractivity contribution in [1.82, 2.24) is 14.9 Å². The molecule has 3 N–H and O–H groups in total. The predicted molar refractivity (Wildman–Crippen MR) is 173 cm³/mol. The number of anilines is 2. The normalized spacial score (nSPS) is 14.4. The number of amides is 2. The van der Waals surface area contributed by atoms with Crippen LogP contribution in [0.4, 0.5) is 16.2 Å². The summed E-state index contributed by atoms with van der Waals surface area (Å²) >= 11 is 6.43. The van der Waals surface area contributed by atoms with E-state index in [1.807, 2.05) is 109 Å². The lowest BCUT2D eigenvalue weighted by atomic mass is 10.1. The van der Waals surface area contributed by atoms with Crippen LogP contribution in [0, 0.1) is 0 Å². The summed E-state index contributed by atoms with van der Waals surface area (Å²) in [6.45, 7) is 0.283. The van der Waals surface area contributed by atoms with Crippen molar-refractivity contribution in [3.05, 3.63) is 108 Å². The molecule has 5 aromatic rings. The summed E-state index contributed by atoms with van der Waals surface area (Å²) in [6, 6.07) is 30.6. The van der Waals surface area contributed by atoms with Crippen molar-refractivity contribution in [3.63, 3.8) is 0 Å². The van der Waals surface area contributed by atoms with Crippen molar-refractivity contribution in [2.45, 2.75) is 18.3 Å². The van der Waals surface area contributed by atoms with Gasteiger partial charge in [0.2, 0.25) is 5.91 Å². The highest BCUT2D eigenvalue weighted by Crippen LogP contribution is 2.28. The Bertz CT molecular complexity index is 1790. The summed E-state index contributed by atoms with van der Waals surface area (Å²) in [5, 5.41) is 8.46. The van der Waals surface area contributed by atoms with Crippen molar-refractivity contribution in [2.75, 3.05) is 10.6 Å². The van der Waals surface area contributed by atoms with Crippen molar-refractivity contribution >= 4 is 62.6 Å². The fourth-order valence-electron chi connectivity index (χ4n) is 4.58. The smallest absolute Gasteiger partial charge is 0.286 e. The van der Waals surface area contributed by atoms with Gasteiger partial charge in [0, 0.05) is 24.5 Å². The minimum absolute atomic E-state index is 0.242. The van der Waals surface area contributed by atoms with Gasteiger partial charge >= 0.3 is 0 Å². The number of thiocarbonyl (C=S) groups is 1. The van der Waals surface area contributed by atoms with E-state index < -0.39 is 5.25 Å². The highest BCUT2D eigenvalue weighted by atomic mass is 32.2. The van der Waals surface area contributed by atoms with Crippen LogP contribution in [0.15, 0.2) is 97.1 Å². The molecule has 1 unspecified atom stereocenters. The summed E-state index contributed by atoms with van der Waals surface area (Å²) in [7, 11) is 1.94. The van der Waals surface area contributed by atoms with Gasteiger partial charge in [-0.1, -0.05) is 42.1 Å². The quantitative estimate of drug-likeness (QED) is 0.158. The molecule has 9 nitrogen and oxygen atoms in total. The van der Waals surface area contributed by atoms with Gasteiger partial charge in [0.25, 0.3) is 5.24 Å². The van der Waals surface area contributed by atoms with E-state index in [2.05, 4.69) is 16.0 Å². The van der Waals surface area contributed by atoms with E-state index in [9.17, 15) is 9.59 Å². The number of carbonyl (C=O) groups is 2. The van der Waals surface area contributed by atoms with Gasteiger partial charge in [-0.05, 0) is 84.9 Å². The SMILES string of the molecule is Cn1c(COc2ccc(CC3SC(=O)NC3=O)cc2)nc2ccc(Oc3ccc(NC(=S)Nc4ccccc4)cc3)cc21. The fraction of sp³-hybridized carbons (Fsp3) is 0.125. The Balaban J connectivity index is 1.04. The topological polar surface area (TPSA) is 107 Å². The maximum absolute atomic E-state index is 11.8. The zero-order valence-electron chi connectivity index (χ0n) is 23.1. The van der Waals surface area contributed by atoms with E-state index in [1.54, 1.807) is 0 Å². The van der Waals surface area contributed by atoms with Gasteiger partial charge in [-0.3, -0.25) is 14.9 Å². The first-order valence-corrected chi connectivity index (χ1v) is 14.8. The van der Waals surface area contributed by atoms with Crippen LogP contribution in [0.5, 0.6) is 17.2 Å². The first-order valence-electron chi connectivity index (χ1n) is 13.5. The van der Waals surface area contributed by atoms with E-state index in [4.69, 9.17) is 26.7 Å². The highest BCUT2D eigenvalue weighted by molar-refractivity contribution is 8.15. The zero-order chi connectivity index (χ0) is 29.8. The molecule has 0 spiro atoms. The average molecular weight is 610 g/mol. The van der Waals surface area contributed by atoms with Crippen molar-refractivity contribution in [2.24, 2.45) is 7.05 Å². The van der Waals surface area contributed by atoms with Gasteiger partial charge in [0.1, 0.15) is 29.7 Å². The van der Waals surface area contributed by atoms with E-state index in [0.29, 0.717) is 28.8 Å². The summed E-state index contributed by atoms with van der Waals surface area (Å²) in [5.74, 6) is 2.60. The molecule has 1 aliphatic heterocycles. The third-order valence-electron chi connectivity index (χ3n) is 6.80. The number of rotatable bonds is 9. The van der Waals surface area contributed by atoms with Crippen molar-refractivity contribution in [3.8, 4) is 17.2 Å². The number of nitrogens with zero attached hydrogens (tertiary/aromatic N) is 2. The van der Waals surface area contributed by atoms with E-state index >= 15 is 0 Å². The highest BCUT2D eigenvalue weighted by Gasteiger charge is 2.31. The van der Waals surface area contributed by atoms with Crippen LogP contribution in [-0.4, -0.2) is 31.1 Å². The Hall–Kier alpha value is -4.87. The second-order valence-electron chi connectivity index (χ2n) is 9.83. The number of aryl methyl sites for hydroxylation is 1. The Morgan fingerprint density at radius 3 is 2.28 bits per heavy atom. The number of ether oxygens (including phenoxy) is 2. The fourth-order valence-corrected chi connectivity index (χ4v) is 5.68. The van der Waals surface area contributed by atoms with Gasteiger partial charge in [0.05, 0.1) is 16.3 Å². The standard InChI is InChI=1S/C32H27N5O4S2/c1-37-27-18-25(41-24-13-9-22(10-14-24)34-31(42)33-21-5-3-2-4-6-21)15-16-26(27)35-29(37)19-40-23-11-7-20(8-12-23)17-28-30(38)36-32(39)43-28/h2-16,18,28H,17,19H2,1H3,(H2,33,34,42)(H,36,38,39). The number of nitrogens with one attached hydrogen (secondary N) is 3. The zero-order valence-corrected chi connectivity index (χ0v) is 24.7. The predicted octanol–water partition coefficient (Wildman–Crippen LogP) is 6.65. The molecular formula is C32H27N5O4S2. The summed E-state index contributed by atoms with van der Waals surface area (Å²) in [6.07, 6.45) is 0.485. The molecule has 1 aromatic heterocycles. The molecular weight excluding hydrogens is 583 g/mol. The van der Waals surface area contributed by atoms with Crippen LogP contribution in [0.3, 0.4) is 0 Å². The molecule has 4 aromatic carbocycles. The van der Waals surface area contributed by atoms with Crippen LogP contribution >= 0.6 is 24.0 Å². The Morgan fingerprint density at radius 1 is 0.907 bits per heavy atom. The average Bonchev–Trinajstić information content (AvgIpc) is 3.50. The number of hydrogen-bond acceptors (Lipinski definition) is 7. The van der Waals surface area contributed by atoms with Gasteiger partial charge < -0.3 is 24.7 Å². The summed E-state index contributed by atoms with van der Waals surface area (Å²) in [5.41, 5.74) is 4.48. The van der Waals surface area contributed by atoms with Crippen molar-refractivity contribution in [1.29, 1.82) is 0 Å². The third-order valence-corrected chi connectivity index (χ3v) is 7.99. The Labute approximate surface area is 257 Å². The lowest BCUT2D eigenvalue weighted by Crippen LogP contribution is -2.25. The number of aromatic nitrogens is 2. The Kier molecular flexibility index (Phi) is 8.25. The summed E-state index contributed by atoms with van der Waals surface area (Å²) < 4.78 is 14.1. The molecule has 1 aliphatic rings. The van der Waals surface area contributed by atoms with E-state index in [0.717, 1.165) is 45.6 Å². The molecule has 2 amide bonds. The van der Waals surface area contributed by atoms with Gasteiger partial charge in [-0.25, -0.2) is 4.98 Å². The lowest BCUT2D eigenvalue weighted by Gasteiger charge is -2.11. The number of hydrogen-bond donors (Lipinski definition) is 3. The van der Waals surface area contributed by atoms with Crippen LogP contribution in [-0.2, 0) is 24.9 Å². The minimum atomic E-state index is -0.393. The first-order chi connectivity index (χ1) is 20.9. The number of carbonyl (C=O) groups excluding carboxylic acids is 2. The molecule has 2 heterocycles. The molecule has 0 aliphatic carbocycles. The number of imidazole rings is 1. The van der Waals surface area contributed by atoms with Gasteiger partial charge in [-0.15, -0.1) is 0 Å². The van der Waals surface area contributed by atoms with Crippen LogP contribution < -0.4 is 25.4 Å². The van der Waals surface area contributed by atoms with Crippen LogP contribution in [0.1, 0.15) is 11.4 Å². The number of fused-ring (bicyclic) bond motifs is 1. The molecule has 0 radical (unpaired) electrons. The number of thioether (sulfide) groups is 1. The summed E-state index contributed by atoms with van der Waals surface area (Å²) in [4.78, 5) is 27.9. The number of para-hydroxylation sites is 1. The van der Waals surface area contributed by atoms with E-state index in [-0.39, 0.29) is 17.8 Å². The largest absolute Gasteiger partial charge is 0.486 e. The van der Waals surface area contributed by atoms with Gasteiger partial charge in [0.15, 0.2) is 5.11 Å². The third kappa shape index (κ3) is 6.96. The molecule has 11 heteroatoms. The molecule has 6 rings (SSSR count). The second kappa shape index (κ2) is 12.6. The van der Waals surface area contributed by atoms with E-state index in [1.165, 1.54) is 0 Å². The molecule has 0 saturated carbocycles. The maximum atomic E-state index is 11.8. The number of benzene rings is 4. The maximum Gasteiger partial charge on any atom is 0.286 e. The van der Waals surface area contributed by atoms with Crippen LogP contribution in [0.2, 0.25) is 0 Å². The van der Waals surface area contributed by atoms with Crippen molar-refractivity contribution < 1.29 is 19.1 Å². The lowest BCUT2D eigenvalue weighted by molar-refractivity contribution is -0.118. The first kappa shape index (κ1) is 28.3. The molecule has 1 atom stereocenters. The molecule has 1 fully saturated rings. The molecule has 216 valence electrons.